The lowest BCUT2D eigenvalue weighted by Gasteiger charge is -2.17. The summed E-state index contributed by atoms with van der Waals surface area (Å²) in [5, 5.41) is 15.5. The molecule has 2 amide bonds. The smallest absolute Gasteiger partial charge is 0.315 e. The van der Waals surface area contributed by atoms with Crippen molar-refractivity contribution in [2.45, 2.75) is 25.9 Å². The number of hydrogen-bond acceptors (Lipinski definition) is 4. The normalized spacial score (nSPS) is 13.8. The van der Waals surface area contributed by atoms with E-state index in [1.807, 2.05) is 38.4 Å². The van der Waals surface area contributed by atoms with Crippen LogP contribution in [0.25, 0.3) is 0 Å². The van der Waals surface area contributed by atoms with Gasteiger partial charge >= 0.3 is 6.03 Å². The molecule has 0 fully saturated rings. The minimum absolute atomic E-state index is 0.00769. The van der Waals surface area contributed by atoms with Crippen molar-refractivity contribution in [2.24, 2.45) is 7.05 Å². The molecule has 0 unspecified atom stereocenters. The van der Waals surface area contributed by atoms with E-state index in [9.17, 15) is 4.79 Å². The van der Waals surface area contributed by atoms with Gasteiger partial charge in [0.05, 0.1) is 12.1 Å². The number of rotatable bonds is 4. The monoisotopic (exact) mass is 279 g/mol. The Hall–Kier alpha value is -1.89. The van der Waals surface area contributed by atoms with Crippen LogP contribution in [0.5, 0.6) is 0 Å². The first-order valence-corrected chi connectivity index (χ1v) is 6.90. The van der Waals surface area contributed by atoms with E-state index in [0.29, 0.717) is 0 Å². The van der Waals surface area contributed by atoms with Crippen LogP contribution in [0.3, 0.4) is 0 Å². The van der Waals surface area contributed by atoms with Crippen LogP contribution in [0, 0.1) is 0 Å². The van der Waals surface area contributed by atoms with Crippen molar-refractivity contribution in [3.8, 4) is 0 Å². The molecule has 0 spiro atoms. The number of carbonyl (C=O) groups excluding carboxylic acids is 1. The molecule has 0 bridgehead atoms. The molecule has 0 aliphatic rings. The van der Waals surface area contributed by atoms with Gasteiger partial charge < -0.3 is 15.2 Å². The number of aryl methyl sites for hydroxylation is 1. The summed E-state index contributed by atoms with van der Waals surface area (Å²) in [7, 11) is 1.85. The SMILES string of the molecule is C[C@H](NC(=O)N[C@H](C)c1nncn1C)c1cccs1. The van der Waals surface area contributed by atoms with Crippen LogP contribution in [0.1, 0.15) is 36.6 Å². The van der Waals surface area contributed by atoms with Gasteiger partial charge in [0.2, 0.25) is 0 Å². The first-order valence-electron chi connectivity index (χ1n) is 6.02. The Morgan fingerprint density at radius 2 is 2.11 bits per heavy atom. The molecule has 2 heterocycles. The molecule has 2 rings (SSSR count). The van der Waals surface area contributed by atoms with Gasteiger partial charge in [-0.25, -0.2) is 4.79 Å². The topological polar surface area (TPSA) is 71.8 Å². The first kappa shape index (κ1) is 13.5. The molecule has 2 aromatic heterocycles. The molecule has 0 saturated carbocycles. The second-order valence-electron chi connectivity index (χ2n) is 4.38. The molecule has 0 aromatic carbocycles. The quantitative estimate of drug-likeness (QED) is 0.899. The molecular weight excluding hydrogens is 262 g/mol. The second-order valence-corrected chi connectivity index (χ2v) is 5.36. The van der Waals surface area contributed by atoms with Gasteiger partial charge in [-0.3, -0.25) is 0 Å². The summed E-state index contributed by atoms with van der Waals surface area (Å²) in [4.78, 5) is 13.0. The zero-order valence-electron chi connectivity index (χ0n) is 11.1. The Labute approximate surface area is 115 Å². The Kier molecular flexibility index (Phi) is 4.16. The van der Waals surface area contributed by atoms with Gasteiger partial charge in [0.1, 0.15) is 6.33 Å². The number of amides is 2. The van der Waals surface area contributed by atoms with E-state index in [1.165, 1.54) is 0 Å². The summed E-state index contributed by atoms with van der Waals surface area (Å²) in [6.45, 7) is 3.83. The number of aromatic nitrogens is 3. The van der Waals surface area contributed by atoms with Gasteiger partial charge in [-0.15, -0.1) is 21.5 Å². The van der Waals surface area contributed by atoms with Crippen molar-refractivity contribution >= 4 is 17.4 Å². The summed E-state index contributed by atoms with van der Waals surface area (Å²) >= 11 is 1.62. The van der Waals surface area contributed by atoms with Crippen molar-refractivity contribution in [1.29, 1.82) is 0 Å². The largest absolute Gasteiger partial charge is 0.331 e. The summed E-state index contributed by atoms with van der Waals surface area (Å²) in [5.41, 5.74) is 0. The molecule has 102 valence electrons. The van der Waals surface area contributed by atoms with Crippen molar-refractivity contribution in [3.05, 3.63) is 34.5 Å². The Balaban J connectivity index is 1.89. The minimum atomic E-state index is -0.212. The summed E-state index contributed by atoms with van der Waals surface area (Å²) in [6, 6.07) is 3.56. The van der Waals surface area contributed by atoms with E-state index in [4.69, 9.17) is 0 Å². The molecule has 2 atom stereocenters. The average molecular weight is 279 g/mol. The van der Waals surface area contributed by atoms with Gasteiger partial charge in [0.15, 0.2) is 5.82 Å². The number of urea groups is 1. The number of nitrogens with zero attached hydrogens (tertiary/aromatic N) is 3. The highest BCUT2D eigenvalue weighted by atomic mass is 32.1. The van der Waals surface area contributed by atoms with Crippen molar-refractivity contribution < 1.29 is 4.79 Å². The molecule has 2 N–H and O–H groups in total. The van der Waals surface area contributed by atoms with E-state index >= 15 is 0 Å². The van der Waals surface area contributed by atoms with E-state index < -0.39 is 0 Å². The number of hydrogen-bond donors (Lipinski definition) is 2. The molecule has 0 aliphatic heterocycles. The van der Waals surface area contributed by atoms with Crippen LogP contribution in [-0.2, 0) is 7.05 Å². The number of thiophene rings is 1. The zero-order chi connectivity index (χ0) is 13.8. The molecular formula is C12H17N5OS. The fourth-order valence-corrected chi connectivity index (χ4v) is 2.53. The zero-order valence-corrected chi connectivity index (χ0v) is 11.9. The number of carbonyl (C=O) groups is 1. The standard InChI is InChI=1S/C12H17N5OS/c1-8(10-5-4-6-19-10)14-12(18)15-9(2)11-16-13-7-17(11)3/h4-9H,1-3H3,(H2,14,15,18)/t8-,9+/m0/s1. The van der Waals surface area contributed by atoms with Gasteiger partial charge in [-0.2, -0.15) is 0 Å². The van der Waals surface area contributed by atoms with Gasteiger partial charge in [-0.1, -0.05) is 6.07 Å². The molecule has 0 radical (unpaired) electrons. The number of nitrogens with one attached hydrogen (secondary N) is 2. The average Bonchev–Trinajstić information content (AvgIpc) is 2.98. The van der Waals surface area contributed by atoms with Crippen LogP contribution < -0.4 is 10.6 Å². The lowest BCUT2D eigenvalue weighted by Crippen LogP contribution is -2.38. The molecule has 0 saturated heterocycles. The lowest BCUT2D eigenvalue weighted by molar-refractivity contribution is 0.234. The summed E-state index contributed by atoms with van der Waals surface area (Å²) < 4.78 is 1.79. The maximum atomic E-state index is 11.9. The third kappa shape index (κ3) is 3.31. The summed E-state index contributed by atoms with van der Waals surface area (Å²) in [6.07, 6.45) is 1.61. The highest BCUT2D eigenvalue weighted by molar-refractivity contribution is 7.10. The van der Waals surface area contributed by atoms with Gasteiger partial charge in [0.25, 0.3) is 0 Å². The predicted molar refractivity (Wildman–Crippen MR) is 73.8 cm³/mol. The van der Waals surface area contributed by atoms with Crippen LogP contribution in [0.15, 0.2) is 23.8 Å². The third-order valence-electron chi connectivity index (χ3n) is 2.80. The van der Waals surface area contributed by atoms with Gasteiger partial charge in [0, 0.05) is 11.9 Å². The molecule has 6 nitrogen and oxygen atoms in total. The van der Waals surface area contributed by atoms with Crippen LogP contribution in [0.4, 0.5) is 4.79 Å². The molecule has 7 heteroatoms. The Bertz CT molecular complexity index is 536. The third-order valence-corrected chi connectivity index (χ3v) is 3.85. The predicted octanol–water partition coefficient (Wildman–Crippen LogP) is 2.00. The van der Waals surface area contributed by atoms with Crippen molar-refractivity contribution in [1.82, 2.24) is 25.4 Å². The van der Waals surface area contributed by atoms with Crippen molar-refractivity contribution in [3.63, 3.8) is 0 Å². The van der Waals surface area contributed by atoms with Crippen molar-refractivity contribution in [2.75, 3.05) is 0 Å². The summed E-state index contributed by atoms with van der Waals surface area (Å²) in [5.74, 6) is 0.721. The highest BCUT2D eigenvalue weighted by Gasteiger charge is 2.16. The molecule has 19 heavy (non-hydrogen) atoms. The van der Waals surface area contributed by atoms with E-state index in [0.717, 1.165) is 10.7 Å². The molecule has 2 aromatic rings. The fraction of sp³-hybridized carbons (Fsp3) is 0.417. The maximum Gasteiger partial charge on any atom is 0.315 e. The van der Waals surface area contributed by atoms with Crippen LogP contribution >= 0.6 is 11.3 Å². The molecule has 0 aliphatic carbocycles. The Morgan fingerprint density at radius 3 is 2.68 bits per heavy atom. The van der Waals surface area contributed by atoms with E-state index in [1.54, 1.807) is 22.2 Å². The first-order chi connectivity index (χ1) is 9.08. The lowest BCUT2D eigenvalue weighted by atomic mass is 10.3. The minimum Gasteiger partial charge on any atom is -0.331 e. The fourth-order valence-electron chi connectivity index (χ4n) is 1.79. The Morgan fingerprint density at radius 1 is 1.37 bits per heavy atom. The van der Waals surface area contributed by atoms with E-state index in [2.05, 4.69) is 20.8 Å². The maximum absolute atomic E-state index is 11.9. The highest BCUT2D eigenvalue weighted by Crippen LogP contribution is 2.18. The second kappa shape index (κ2) is 5.83. The van der Waals surface area contributed by atoms with E-state index in [-0.39, 0.29) is 18.1 Å². The van der Waals surface area contributed by atoms with Crippen LogP contribution in [0.2, 0.25) is 0 Å². The van der Waals surface area contributed by atoms with Gasteiger partial charge in [-0.05, 0) is 25.3 Å². The van der Waals surface area contributed by atoms with Crippen LogP contribution in [-0.4, -0.2) is 20.8 Å².